The molecule has 0 fully saturated rings. The molecule has 0 bridgehead atoms. The smallest absolute Gasteiger partial charge is 0.234 e. The van der Waals surface area contributed by atoms with Crippen LogP contribution in [0.5, 0.6) is 0 Å². The van der Waals surface area contributed by atoms with E-state index in [0.717, 1.165) is 25.0 Å². The first kappa shape index (κ1) is 10.9. The third-order valence-electron chi connectivity index (χ3n) is 2.47. The van der Waals surface area contributed by atoms with E-state index in [2.05, 4.69) is 9.71 Å². The second kappa shape index (κ2) is 4.09. The van der Waals surface area contributed by atoms with E-state index in [4.69, 9.17) is 0 Å². The van der Waals surface area contributed by atoms with Crippen molar-refractivity contribution in [1.82, 2.24) is 4.98 Å². The van der Waals surface area contributed by atoms with E-state index in [9.17, 15) is 8.42 Å². The predicted octanol–water partition coefficient (Wildman–Crippen LogP) is 1.78. The van der Waals surface area contributed by atoms with Crippen LogP contribution < -0.4 is 4.72 Å². The summed E-state index contributed by atoms with van der Waals surface area (Å²) >= 11 is 1.48. The van der Waals surface area contributed by atoms with Gasteiger partial charge in [0.1, 0.15) is 0 Å². The van der Waals surface area contributed by atoms with Gasteiger partial charge in [0.25, 0.3) is 0 Å². The Morgan fingerprint density at radius 3 is 2.80 bits per heavy atom. The van der Waals surface area contributed by atoms with Crippen LogP contribution in [0.15, 0.2) is 0 Å². The molecule has 1 aromatic heterocycles. The van der Waals surface area contributed by atoms with Gasteiger partial charge in [-0.1, -0.05) is 0 Å². The fourth-order valence-corrected chi connectivity index (χ4v) is 3.51. The number of aromatic nitrogens is 1. The van der Waals surface area contributed by atoms with Crippen molar-refractivity contribution in [3.63, 3.8) is 0 Å². The summed E-state index contributed by atoms with van der Waals surface area (Å²) in [6.45, 7) is 1.62. The first-order valence-electron chi connectivity index (χ1n) is 5.10. The Hall–Kier alpha value is -0.620. The molecule has 15 heavy (non-hydrogen) atoms. The third kappa shape index (κ3) is 2.49. The molecule has 84 valence electrons. The van der Waals surface area contributed by atoms with E-state index in [1.807, 2.05) is 0 Å². The Morgan fingerprint density at radius 2 is 2.13 bits per heavy atom. The maximum Gasteiger partial charge on any atom is 0.234 e. The van der Waals surface area contributed by atoms with Gasteiger partial charge in [-0.2, -0.15) is 0 Å². The van der Waals surface area contributed by atoms with E-state index in [0.29, 0.717) is 5.13 Å². The largest absolute Gasteiger partial charge is 0.259 e. The normalized spacial score (nSPS) is 16.1. The Labute approximate surface area is 93.8 Å². The number of anilines is 1. The number of fused-ring (bicyclic) bond motifs is 1. The zero-order valence-corrected chi connectivity index (χ0v) is 10.2. The highest BCUT2D eigenvalue weighted by molar-refractivity contribution is 7.92. The van der Waals surface area contributed by atoms with E-state index >= 15 is 0 Å². The minimum absolute atomic E-state index is 0.0945. The average Bonchev–Trinajstić information content (AvgIpc) is 2.58. The lowest BCUT2D eigenvalue weighted by molar-refractivity contribution is 0.602. The lowest BCUT2D eigenvalue weighted by Gasteiger charge is -2.06. The van der Waals surface area contributed by atoms with Crippen LogP contribution in [-0.2, 0) is 22.9 Å². The summed E-state index contributed by atoms with van der Waals surface area (Å²) in [6.07, 6.45) is 4.38. The average molecular weight is 246 g/mol. The monoisotopic (exact) mass is 246 g/mol. The Balaban J connectivity index is 2.20. The van der Waals surface area contributed by atoms with Crippen molar-refractivity contribution < 1.29 is 8.42 Å². The maximum absolute atomic E-state index is 11.3. The van der Waals surface area contributed by atoms with Gasteiger partial charge in [0.05, 0.1) is 11.4 Å². The van der Waals surface area contributed by atoms with Crippen LogP contribution in [0.4, 0.5) is 5.13 Å². The SMILES string of the molecule is CCS(=O)(=O)Nc1nc2c(s1)CCCC2. The lowest BCUT2D eigenvalue weighted by Crippen LogP contribution is -2.14. The number of hydrogen-bond acceptors (Lipinski definition) is 4. The summed E-state index contributed by atoms with van der Waals surface area (Å²) in [7, 11) is -3.17. The Morgan fingerprint density at radius 1 is 1.40 bits per heavy atom. The number of nitrogens with one attached hydrogen (secondary N) is 1. The molecule has 0 amide bonds. The van der Waals surface area contributed by atoms with Crippen molar-refractivity contribution >= 4 is 26.5 Å². The minimum atomic E-state index is -3.17. The number of hydrogen-bond donors (Lipinski definition) is 1. The molecule has 1 heterocycles. The van der Waals surface area contributed by atoms with Crippen LogP contribution in [-0.4, -0.2) is 19.2 Å². The first-order valence-corrected chi connectivity index (χ1v) is 7.56. The topological polar surface area (TPSA) is 59.1 Å². The summed E-state index contributed by atoms with van der Waals surface area (Å²) in [6, 6.07) is 0. The van der Waals surface area contributed by atoms with Crippen LogP contribution in [0, 0.1) is 0 Å². The molecule has 4 nitrogen and oxygen atoms in total. The molecule has 0 atom stereocenters. The van der Waals surface area contributed by atoms with Crippen molar-refractivity contribution in [2.24, 2.45) is 0 Å². The molecule has 1 aliphatic rings. The number of sulfonamides is 1. The summed E-state index contributed by atoms with van der Waals surface area (Å²) in [4.78, 5) is 5.56. The van der Waals surface area contributed by atoms with Crippen molar-refractivity contribution in [3.05, 3.63) is 10.6 Å². The summed E-state index contributed by atoms with van der Waals surface area (Å²) in [5.41, 5.74) is 1.08. The number of aryl methyl sites for hydroxylation is 2. The summed E-state index contributed by atoms with van der Waals surface area (Å²) in [5.74, 6) is 0.0945. The van der Waals surface area contributed by atoms with Gasteiger partial charge in [-0.3, -0.25) is 4.72 Å². The maximum atomic E-state index is 11.3. The second-order valence-corrected chi connectivity index (χ2v) is 6.70. The molecule has 0 aliphatic heterocycles. The van der Waals surface area contributed by atoms with Gasteiger partial charge in [-0.05, 0) is 32.6 Å². The Bertz CT molecular complexity index is 427. The molecular formula is C9H14N2O2S2. The van der Waals surface area contributed by atoms with Crippen molar-refractivity contribution in [3.8, 4) is 0 Å². The van der Waals surface area contributed by atoms with Crippen molar-refractivity contribution in [2.75, 3.05) is 10.5 Å². The standard InChI is InChI=1S/C9H14N2O2S2/c1-2-15(12,13)11-9-10-7-5-3-4-6-8(7)14-9/h2-6H2,1H3,(H,10,11). The highest BCUT2D eigenvalue weighted by Crippen LogP contribution is 2.29. The van der Waals surface area contributed by atoms with Crippen molar-refractivity contribution in [2.45, 2.75) is 32.6 Å². The first-order chi connectivity index (χ1) is 7.11. The zero-order chi connectivity index (χ0) is 10.9. The number of thiazole rings is 1. The second-order valence-electron chi connectivity index (χ2n) is 3.60. The van der Waals surface area contributed by atoms with Crippen LogP contribution in [0.25, 0.3) is 0 Å². The van der Waals surface area contributed by atoms with Gasteiger partial charge >= 0.3 is 0 Å². The molecule has 0 radical (unpaired) electrons. The Kier molecular flexibility index (Phi) is 2.97. The van der Waals surface area contributed by atoms with Gasteiger partial charge in [0.15, 0.2) is 5.13 Å². The quantitative estimate of drug-likeness (QED) is 0.884. The minimum Gasteiger partial charge on any atom is -0.259 e. The van der Waals surface area contributed by atoms with Crippen molar-refractivity contribution in [1.29, 1.82) is 0 Å². The molecule has 1 aliphatic carbocycles. The molecule has 1 aromatic rings. The summed E-state index contributed by atoms with van der Waals surface area (Å²) < 4.78 is 25.2. The van der Waals surface area contributed by atoms with E-state index in [1.54, 1.807) is 6.92 Å². The van der Waals surface area contributed by atoms with Crippen LogP contribution >= 0.6 is 11.3 Å². The fourth-order valence-electron chi connectivity index (χ4n) is 1.60. The van der Waals surface area contributed by atoms with E-state index in [1.165, 1.54) is 22.6 Å². The summed E-state index contributed by atoms with van der Waals surface area (Å²) in [5, 5.41) is 0.531. The van der Waals surface area contributed by atoms with E-state index in [-0.39, 0.29) is 5.75 Å². The highest BCUT2D eigenvalue weighted by Gasteiger charge is 2.17. The molecule has 0 unspecified atom stereocenters. The third-order valence-corrected chi connectivity index (χ3v) is 4.94. The molecule has 2 rings (SSSR count). The predicted molar refractivity (Wildman–Crippen MR) is 61.8 cm³/mol. The lowest BCUT2D eigenvalue weighted by atomic mass is 10.0. The molecule has 1 N–H and O–H groups in total. The molecule has 6 heteroatoms. The molecule has 0 saturated heterocycles. The highest BCUT2D eigenvalue weighted by atomic mass is 32.2. The van der Waals surface area contributed by atoms with Gasteiger partial charge in [0.2, 0.25) is 10.0 Å². The molecular weight excluding hydrogens is 232 g/mol. The van der Waals surface area contributed by atoms with Gasteiger partial charge in [-0.25, -0.2) is 13.4 Å². The zero-order valence-electron chi connectivity index (χ0n) is 8.62. The van der Waals surface area contributed by atoms with Crippen LogP contribution in [0.3, 0.4) is 0 Å². The van der Waals surface area contributed by atoms with Crippen LogP contribution in [0.1, 0.15) is 30.3 Å². The fraction of sp³-hybridized carbons (Fsp3) is 0.667. The molecule has 0 spiro atoms. The van der Waals surface area contributed by atoms with Gasteiger partial charge in [-0.15, -0.1) is 11.3 Å². The van der Waals surface area contributed by atoms with Gasteiger partial charge < -0.3 is 0 Å². The molecule has 0 saturated carbocycles. The van der Waals surface area contributed by atoms with E-state index < -0.39 is 10.0 Å². The van der Waals surface area contributed by atoms with Crippen LogP contribution in [0.2, 0.25) is 0 Å². The molecule has 0 aromatic carbocycles. The number of rotatable bonds is 3. The number of nitrogens with zero attached hydrogens (tertiary/aromatic N) is 1. The van der Waals surface area contributed by atoms with Gasteiger partial charge in [0, 0.05) is 4.88 Å².